The molecule has 0 atom stereocenters. The monoisotopic (exact) mass is 246 g/mol. The van der Waals surface area contributed by atoms with E-state index in [1.807, 2.05) is 13.8 Å². The van der Waals surface area contributed by atoms with Gasteiger partial charge in [-0.1, -0.05) is 25.5 Å². The van der Waals surface area contributed by atoms with Crippen LogP contribution < -0.4 is 0 Å². The fraction of sp³-hybridized carbons (Fsp3) is 0.733. The van der Waals surface area contributed by atoms with Crippen LogP contribution in [0.15, 0.2) is 23.9 Å². The number of hydrogen-bond acceptors (Lipinski definition) is 2. The third kappa shape index (κ3) is 2.03. The van der Waals surface area contributed by atoms with Crippen LogP contribution in [0.3, 0.4) is 0 Å². The van der Waals surface area contributed by atoms with E-state index < -0.39 is 0 Å². The first-order valence-corrected chi connectivity index (χ1v) is 7.24. The van der Waals surface area contributed by atoms with Gasteiger partial charge in [-0.2, -0.15) is 0 Å². The predicted molar refractivity (Wildman–Crippen MR) is 74.0 cm³/mol. The smallest absolute Gasteiger partial charge is 0.534 e. The Morgan fingerprint density at radius 3 is 2.44 bits per heavy atom. The van der Waals surface area contributed by atoms with Crippen molar-refractivity contribution in [1.82, 2.24) is 0 Å². The molecule has 2 aliphatic carbocycles. The zero-order valence-corrected chi connectivity index (χ0v) is 11.6. The van der Waals surface area contributed by atoms with Crippen LogP contribution in [0.25, 0.3) is 0 Å². The van der Waals surface area contributed by atoms with Crippen molar-refractivity contribution in [1.29, 1.82) is 0 Å². The first-order chi connectivity index (χ1) is 8.51. The zero-order valence-electron chi connectivity index (χ0n) is 11.6. The molecular weight excluding hydrogens is 223 g/mol. The van der Waals surface area contributed by atoms with Crippen molar-refractivity contribution in [3.63, 3.8) is 0 Å². The topological polar surface area (TPSA) is 18.5 Å². The zero-order chi connectivity index (χ0) is 12.8. The fourth-order valence-corrected chi connectivity index (χ4v) is 3.53. The minimum atomic E-state index is -0.339. The van der Waals surface area contributed by atoms with E-state index in [9.17, 15) is 0 Å². The van der Waals surface area contributed by atoms with Gasteiger partial charge in [0.05, 0.1) is 5.76 Å². The van der Waals surface area contributed by atoms with Crippen LogP contribution in [0.5, 0.6) is 0 Å². The molecule has 0 bridgehead atoms. The fourth-order valence-electron chi connectivity index (χ4n) is 3.53. The lowest BCUT2D eigenvalue weighted by molar-refractivity contribution is 0.170. The Balaban J connectivity index is 1.69. The molecule has 1 saturated heterocycles. The summed E-state index contributed by atoms with van der Waals surface area (Å²) in [6.07, 6.45) is 11.7. The van der Waals surface area contributed by atoms with Crippen LogP contribution >= 0.6 is 0 Å². The van der Waals surface area contributed by atoms with Gasteiger partial charge >= 0.3 is 7.12 Å². The normalized spacial score (nSPS) is 29.6. The SMILES string of the molecule is C=C1OB(C2=CCC3(CCCC3)CC2)OC1(C)C. The van der Waals surface area contributed by atoms with Gasteiger partial charge in [0.1, 0.15) is 5.60 Å². The van der Waals surface area contributed by atoms with Crippen LogP contribution in [-0.2, 0) is 9.31 Å². The molecule has 0 N–H and O–H groups in total. The molecule has 1 spiro atoms. The highest BCUT2D eigenvalue weighted by molar-refractivity contribution is 6.55. The molecular formula is C15H23BO2. The highest BCUT2D eigenvalue weighted by Gasteiger charge is 2.46. The largest absolute Gasteiger partial charge is 0.558 e. The predicted octanol–water partition coefficient (Wildman–Crippen LogP) is 4.02. The average Bonchev–Trinajstić information content (AvgIpc) is 2.87. The van der Waals surface area contributed by atoms with Crippen molar-refractivity contribution in [2.45, 2.75) is 64.4 Å². The summed E-state index contributed by atoms with van der Waals surface area (Å²) in [5, 5.41) is 0. The van der Waals surface area contributed by atoms with E-state index in [0.29, 0.717) is 5.41 Å². The van der Waals surface area contributed by atoms with Crippen molar-refractivity contribution in [2.24, 2.45) is 5.41 Å². The second kappa shape index (κ2) is 4.16. The standard InChI is InChI=1S/C15H23BO2/c1-12-14(2,3)18-16(17-12)13-6-10-15(11-7-13)8-4-5-9-15/h6H,1,4-5,7-11H2,2-3H3. The Hall–Kier alpha value is -0.695. The molecule has 1 heterocycles. The minimum absolute atomic E-state index is 0.175. The van der Waals surface area contributed by atoms with E-state index in [-0.39, 0.29) is 12.7 Å². The highest BCUT2D eigenvalue weighted by atomic mass is 16.7. The summed E-state index contributed by atoms with van der Waals surface area (Å²) in [4.78, 5) is 0. The molecule has 2 fully saturated rings. The van der Waals surface area contributed by atoms with Crippen molar-refractivity contribution in [3.8, 4) is 0 Å². The number of rotatable bonds is 1. The molecule has 18 heavy (non-hydrogen) atoms. The Morgan fingerprint density at radius 2 is 1.94 bits per heavy atom. The third-order valence-corrected chi connectivity index (χ3v) is 5.03. The maximum Gasteiger partial charge on any atom is 0.558 e. The van der Waals surface area contributed by atoms with Crippen LogP contribution in [0, 0.1) is 5.41 Å². The molecule has 0 radical (unpaired) electrons. The van der Waals surface area contributed by atoms with Crippen molar-refractivity contribution < 1.29 is 9.31 Å². The number of hydrogen-bond donors (Lipinski definition) is 0. The molecule has 3 rings (SSSR count). The molecule has 0 aromatic rings. The molecule has 1 saturated carbocycles. The summed E-state index contributed by atoms with van der Waals surface area (Å²) < 4.78 is 11.7. The second-order valence-corrected chi connectivity index (χ2v) is 6.69. The Bertz CT molecular complexity index is 391. The maximum absolute atomic E-state index is 5.96. The molecule has 2 nitrogen and oxygen atoms in total. The summed E-state index contributed by atoms with van der Waals surface area (Å²) in [7, 11) is -0.175. The van der Waals surface area contributed by atoms with E-state index >= 15 is 0 Å². The van der Waals surface area contributed by atoms with Gasteiger partial charge in [0.2, 0.25) is 0 Å². The van der Waals surface area contributed by atoms with E-state index in [0.717, 1.165) is 12.2 Å². The molecule has 0 aromatic carbocycles. The van der Waals surface area contributed by atoms with Crippen LogP contribution in [0.1, 0.15) is 58.8 Å². The molecule has 3 aliphatic rings. The van der Waals surface area contributed by atoms with E-state index in [1.165, 1.54) is 44.0 Å². The average molecular weight is 246 g/mol. The summed E-state index contributed by atoms with van der Waals surface area (Å²) in [6, 6.07) is 0. The van der Waals surface area contributed by atoms with Gasteiger partial charge in [-0.05, 0) is 56.8 Å². The van der Waals surface area contributed by atoms with Gasteiger partial charge in [0.15, 0.2) is 0 Å². The van der Waals surface area contributed by atoms with Crippen molar-refractivity contribution in [3.05, 3.63) is 23.9 Å². The van der Waals surface area contributed by atoms with Crippen LogP contribution in [0.4, 0.5) is 0 Å². The summed E-state index contributed by atoms with van der Waals surface area (Å²) in [5.41, 5.74) is 1.61. The molecule has 0 amide bonds. The molecule has 0 unspecified atom stereocenters. The first kappa shape index (κ1) is 12.3. The van der Waals surface area contributed by atoms with Crippen molar-refractivity contribution in [2.75, 3.05) is 0 Å². The van der Waals surface area contributed by atoms with Gasteiger partial charge in [-0.25, -0.2) is 0 Å². The third-order valence-electron chi connectivity index (χ3n) is 5.03. The lowest BCUT2D eigenvalue weighted by atomic mass is 9.65. The quantitative estimate of drug-likeness (QED) is 0.650. The van der Waals surface area contributed by atoms with Gasteiger partial charge in [0.25, 0.3) is 0 Å². The van der Waals surface area contributed by atoms with Crippen LogP contribution in [0.2, 0.25) is 0 Å². The molecule has 3 heteroatoms. The van der Waals surface area contributed by atoms with E-state index in [2.05, 4.69) is 12.7 Å². The summed E-state index contributed by atoms with van der Waals surface area (Å²) in [5.74, 6) is 0.759. The lowest BCUT2D eigenvalue weighted by Crippen LogP contribution is -2.29. The lowest BCUT2D eigenvalue weighted by Gasteiger charge is -2.32. The Morgan fingerprint density at radius 1 is 1.22 bits per heavy atom. The van der Waals surface area contributed by atoms with Gasteiger partial charge in [-0.3, -0.25) is 0 Å². The minimum Gasteiger partial charge on any atom is -0.534 e. The van der Waals surface area contributed by atoms with Crippen LogP contribution in [-0.4, -0.2) is 12.7 Å². The summed E-state index contributed by atoms with van der Waals surface area (Å²) >= 11 is 0. The van der Waals surface area contributed by atoms with Crippen molar-refractivity contribution >= 4 is 7.12 Å². The van der Waals surface area contributed by atoms with E-state index in [4.69, 9.17) is 9.31 Å². The first-order valence-electron chi connectivity index (χ1n) is 7.24. The Kier molecular flexibility index (Phi) is 2.85. The Labute approximate surface area is 111 Å². The summed E-state index contributed by atoms with van der Waals surface area (Å²) in [6.45, 7) is 8.00. The molecule has 98 valence electrons. The molecule has 1 aliphatic heterocycles. The number of allylic oxidation sites excluding steroid dienone is 2. The van der Waals surface area contributed by atoms with Gasteiger partial charge in [0, 0.05) is 0 Å². The van der Waals surface area contributed by atoms with Gasteiger partial charge < -0.3 is 9.31 Å². The molecule has 0 aromatic heterocycles. The highest BCUT2D eigenvalue weighted by Crippen LogP contribution is 2.49. The van der Waals surface area contributed by atoms with E-state index in [1.54, 1.807) is 0 Å². The second-order valence-electron chi connectivity index (χ2n) is 6.69. The maximum atomic E-state index is 5.96. The van der Waals surface area contributed by atoms with Gasteiger partial charge in [-0.15, -0.1) is 0 Å².